The van der Waals surface area contributed by atoms with Crippen molar-refractivity contribution in [3.63, 3.8) is 0 Å². The Balaban J connectivity index is 2.28. The van der Waals surface area contributed by atoms with Crippen molar-refractivity contribution in [2.75, 3.05) is 14.2 Å². The summed E-state index contributed by atoms with van der Waals surface area (Å²) in [5.41, 5.74) is -0.0219. The molecule has 0 unspecified atom stereocenters. The molecule has 21 heavy (non-hydrogen) atoms. The van der Waals surface area contributed by atoms with Gasteiger partial charge in [-0.15, -0.1) is 0 Å². The predicted octanol–water partition coefficient (Wildman–Crippen LogP) is 1.60. The van der Waals surface area contributed by atoms with Gasteiger partial charge < -0.3 is 14.6 Å². The van der Waals surface area contributed by atoms with Gasteiger partial charge in [-0.25, -0.2) is 4.98 Å². The number of benzene rings is 1. The summed E-state index contributed by atoms with van der Waals surface area (Å²) in [6.45, 7) is 0.262. The first-order chi connectivity index (χ1) is 10.0. The lowest BCUT2D eigenvalue weighted by atomic mass is 10.1. The third-order valence-electron chi connectivity index (χ3n) is 2.91. The quantitative estimate of drug-likeness (QED) is 0.665. The molecule has 110 valence electrons. The Morgan fingerprint density at radius 1 is 1.52 bits per heavy atom. The maximum absolute atomic E-state index is 12.4. The van der Waals surface area contributed by atoms with Crippen molar-refractivity contribution in [1.82, 2.24) is 14.9 Å². The third kappa shape index (κ3) is 3.16. The molecule has 0 saturated carbocycles. The second-order valence-corrected chi connectivity index (χ2v) is 4.34. The van der Waals surface area contributed by atoms with Crippen LogP contribution in [0.4, 0.5) is 5.69 Å². The van der Waals surface area contributed by atoms with Gasteiger partial charge in [0.25, 0.3) is 11.6 Å². The minimum absolute atomic E-state index is 0.140. The Hall–Kier alpha value is -2.90. The van der Waals surface area contributed by atoms with Crippen LogP contribution in [0.1, 0.15) is 16.2 Å². The summed E-state index contributed by atoms with van der Waals surface area (Å²) in [4.78, 5) is 31.0. The summed E-state index contributed by atoms with van der Waals surface area (Å²) in [6.07, 6.45) is 3.24. The largest absolute Gasteiger partial charge is 0.496 e. The summed E-state index contributed by atoms with van der Waals surface area (Å²) in [7, 11) is 2.99. The Labute approximate surface area is 120 Å². The van der Waals surface area contributed by atoms with Crippen LogP contribution < -0.4 is 4.74 Å². The van der Waals surface area contributed by atoms with E-state index in [9.17, 15) is 14.9 Å². The van der Waals surface area contributed by atoms with E-state index in [1.807, 2.05) is 0 Å². The van der Waals surface area contributed by atoms with E-state index in [2.05, 4.69) is 9.97 Å². The lowest BCUT2D eigenvalue weighted by Crippen LogP contribution is -2.27. The molecule has 1 heterocycles. The Kier molecular flexibility index (Phi) is 4.17. The highest BCUT2D eigenvalue weighted by atomic mass is 16.6. The highest BCUT2D eigenvalue weighted by molar-refractivity contribution is 5.97. The Bertz CT molecular complexity index is 654. The number of imidazole rings is 1. The summed E-state index contributed by atoms with van der Waals surface area (Å²) >= 11 is 0. The zero-order chi connectivity index (χ0) is 15.4. The number of aromatic amines is 1. The first-order valence-electron chi connectivity index (χ1n) is 6.09. The molecule has 0 spiro atoms. The van der Waals surface area contributed by atoms with Crippen LogP contribution in [0.15, 0.2) is 30.6 Å². The van der Waals surface area contributed by atoms with Crippen LogP contribution in [0.25, 0.3) is 0 Å². The number of H-pyrrole nitrogens is 1. The van der Waals surface area contributed by atoms with Crippen molar-refractivity contribution >= 4 is 11.6 Å². The normalized spacial score (nSPS) is 10.2. The van der Waals surface area contributed by atoms with E-state index in [-0.39, 0.29) is 29.5 Å². The summed E-state index contributed by atoms with van der Waals surface area (Å²) in [5, 5.41) is 10.8. The number of hydrogen-bond donors (Lipinski definition) is 1. The molecule has 0 fully saturated rings. The van der Waals surface area contributed by atoms with Crippen LogP contribution in [0.5, 0.6) is 5.75 Å². The van der Waals surface area contributed by atoms with E-state index in [4.69, 9.17) is 4.74 Å². The second-order valence-electron chi connectivity index (χ2n) is 4.34. The van der Waals surface area contributed by atoms with Gasteiger partial charge in [0.2, 0.25) is 0 Å². The first-order valence-corrected chi connectivity index (χ1v) is 6.09. The van der Waals surface area contributed by atoms with E-state index in [0.29, 0.717) is 5.82 Å². The van der Waals surface area contributed by atoms with Gasteiger partial charge in [0, 0.05) is 31.6 Å². The number of methoxy groups -OCH3 is 1. The van der Waals surface area contributed by atoms with Gasteiger partial charge >= 0.3 is 0 Å². The van der Waals surface area contributed by atoms with Crippen molar-refractivity contribution in [2.45, 2.75) is 6.54 Å². The van der Waals surface area contributed by atoms with Gasteiger partial charge in [0.1, 0.15) is 11.6 Å². The van der Waals surface area contributed by atoms with Crippen molar-refractivity contribution in [3.05, 3.63) is 52.1 Å². The number of aromatic nitrogens is 2. The average Bonchev–Trinajstić information content (AvgIpc) is 2.98. The topological polar surface area (TPSA) is 101 Å². The molecule has 0 bridgehead atoms. The minimum Gasteiger partial charge on any atom is -0.496 e. The number of hydrogen-bond acceptors (Lipinski definition) is 5. The Morgan fingerprint density at radius 2 is 2.29 bits per heavy atom. The fourth-order valence-electron chi connectivity index (χ4n) is 1.86. The third-order valence-corrected chi connectivity index (χ3v) is 2.91. The Morgan fingerprint density at radius 3 is 2.86 bits per heavy atom. The van der Waals surface area contributed by atoms with E-state index in [1.54, 1.807) is 19.4 Å². The molecule has 1 amide bonds. The van der Waals surface area contributed by atoms with Crippen LogP contribution >= 0.6 is 0 Å². The van der Waals surface area contributed by atoms with Crippen LogP contribution in [0.3, 0.4) is 0 Å². The smallest absolute Gasteiger partial charge is 0.270 e. The number of nitro groups is 1. The molecule has 1 aromatic carbocycles. The fourth-order valence-corrected chi connectivity index (χ4v) is 1.86. The number of ether oxygens (including phenoxy) is 1. The average molecular weight is 290 g/mol. The first kappa shape index (κ1) is 14.5. The number of carbonyl (C=O) groups excluding carboxylic acids is 1. The molecular formula is C13H14N4O4. The molecule has 0 atom stereocenters. The number of amides is 1. The van der Waals surface area contributed by atoms with Crippen molar-refractivity contribution in [3.8, 4) is 5.75 Å². The van der Waals surface area contributed by atoms with Gasteiger partial charge in [-0.3, -0.25) is 14.9 Å². The van der Waals surface area contributed by atoms with E-state index in [1.165, 1.54) is 30.2 Å². The van der Waals surface area contributed by atoms with Crippen LogP contribution in [0, 0.1) is 10.1 Å². The molecule has 0 radical (unpaired) electrons. The highest BCUT2D eigenvalue weighted by Gasteiger charge is 2.21. The molecule has 8 heteroatoms. The maximum atomic E-state index is 12.4. The van der Waals surface area contributed by atoms with Crippen LogP contribution in [-0.2, 0) is 6.54 Å². The maximum Gasteiger partial charge on any atom is 0.270 e. The SMILES string of the molecule is COc1ccc([N+](=O)[O-])cc1C(=O)N(C)Cc1ncc[nH]1. The predicted molar refractivity (Wildman–Crippen MR) is 74.0 cm³/mol. The van der Waals surface area contributed by atoms with Gasteiger partial charge in [0.15, 0.2) is 0 Å². The number of rotatable bonds is 5. The zero-order valence-electron chi connectivity index (χ0n) is 11.6. The van der Waals surface area contributed by atoms with Crippen molar-refractivity contribution < 1.29 is 14.5 Å². The molecule has 0 aliphatic heterocycles. The zero-order valence-corrected chi connectivity index (χ0v) is 11.6. The molecule has 8 nitrogen and oxygen atoms in total. The van der Waals surface area contributed by atoms with Crippen molar-refractivity contribution in [2.24, 2.45) is 0 Å². The summed E-state index contributed by atoms with van der Waals surface area (Å²) in [6, 6.07) is 3.91. The standard InChI is InChI=1S/C13H14N4O4/c1-16(8-12-14-5-6-15-12)13(18)10-7-9(17(19)20)3-4-11(10)21-2/h3-7H,8H2,1-2H3,(H,14,15). The van der Waals surface area contributed by atoms with Crippen LogP contribution in [-0.4, -0.2) is 39.9 Å². The number of nitrogens with zero attached hydrogens (tertiary/aromatic N) is 3. The van der Waals surface area contributed by atoms with E-state index >= 15 is 0 Å². The lowest BCUT2D eigenvalue weighted by Gasteiger charge is -2.17. The minimum atomic E-state index is -0.553. The number of non-ortho nitro benzene ring substituents is 1. The molecule has 1 aromatic heterocycles. The molecule has 0 aliphatic rings. The van der Waals surface area contributed by atoms with Gasteiger partial charge in [-0.2, -0.15) is 0 Å². The van der Waals surface area contributed by atoms with E-state index in [0.717, 1.165) is 0 Å². The van der Waals surface area contributed by atoms with Crippen LogP contribution in [0.2, 0.25) is 0 Å². The lowest BCUT2D eigenvalue weighted by molar-refractivity contribution is -0.384. The number of nitro benzene ring substituents is 1. The molecule has 0 aliphatic carbocycles. The molecule has 2 rings (SSSR count). The second kappa shape index (κ2) is 6.04. The fraction of sp³-hybridized carbons (Fsp3) is 0.231. The number of nitrogens with one attached hydrogen (secondary N) is 1. The molecule has 1 N–H and O–H groups in total. The number of carbonyl (C=O) groups is 1. The molecular weight excluding hydrogens is 276 g/mol. The monoisotopic (exact) mass is 290 g/mol. The molecule has 2 aromatic rings. The van der Waals surface area contributed by atoms with Gasteiger partial charge in [-0.05, 0) is 6.07 Å². The summed E-state index contributed by atoms with van der Waals surface area (Å²) < 4.78 is 5.09. The van der Waals surface area contributed by atoms with Gasteiger partial charge in [0.05, 0.1) is 24.1 Å². The van der Waals surface area contributed by atoms with E-state index < -0.39 is 4.92 Å². The molecule has 0 saturated heterocycles. The van der Waals surface area contributed by atoms with Gasteiger partial charge in [-0.1, -0.05) is 0 Å². The summed E-state index contributed by atoms with van der Waals surface area (Å²) in [5.74, 6) is 0.527. The highest BCUT2D eigenvalue weighted by Crippen LogP contribution is 2.25. The van der Waals surface area contributed by atoms with Crippen molar-refractivity contribution in [1.29, 1.82) is 0 Å².